The Morgan fingerprint density at radius 2 is 1.76 bits per heavy atom. The van der Waals surface area contributed by atoms with E-state index in [4.69, 9.17) is 16.7 Å². The van der Waals surface area contributed by atoms with E-state index in [1.807, 2.05) is 53.4 Å². The van der Waals surface area contributed by atoms with E-state index in [1.54, 1.807) is 18.2 Å². The van der Waals surface area contributed by atoms with E-state index in [9.17, 15) is 4.79 Å². The van der Waals surface area contributed by atoms with Crippen molar-refractivity contribution >= 4 is 17.6 Å². The summed E-state index contributed by atoms with van der Waals surface area (Å²) in [5.41, 5.74) is 3.13. The molecule has 1 N–H and O–H groups in total. The number of hydrogen-bond acceptors (Lipinski definition) is 1. The maximum Gasteiger partial charge on any atom is 0.335 e. The molecule has 3 nitrogen and oxygen atoms in total. The Hall–Kier alpha value is -2.52. The van der Waals surface area contributed by atoms with Crippen molar-refractivity contribution in [2.24, 2.45) is 0 Å². The molecule has 0 amide bonds. The van der Waals surface area contributed by atoms with Crippen molar-refractivity contribution in [2.45, 2.75) is 0 Å². The Kier molecular flexibility index (Phi) is 3.50. The van der Waals surface area contributed by atoms with Gasteiger partial charge in [0.2, 0.25) is 0 Å². The first-order valence-corrected chi connectivity index (χ1v) is 6.79. The van der Waals surface area contributed by atoms with Crippen molar-refractivity contribution in [1.82, 2.24) is 4.57 Å². The maximum absolute atomic E-state index is 11.0. The van der Waals surface area contributed by atoms with Gasteiger partial charge in [-0.1, -0.05) is 23.7 Å². The summed E-state index contributed by atoms with van der Waals surface area (Å²) < 4.78 is 1.97. The zero-order chi connectivity index (χ0) is 14.8. The molecule has 0 aliphatic rings. The number of carboxylic acid groups (broad SMARTS) is 1. The van der Waals surface area contributed by atoms with Gasteiger partial charge in [-0.3, -0.25) is 0 Å². The van der Waals surface area contributed by atoms with Gasteiger partial charge in [0.05, 0.1) is 5.56 Å². The summed E-state index contributed by atoms with van der Waals surface area (Å²) in [4.78, 5) is 11.0. The number of aromatic carboxylic acids is 1. The molecule has 0 unspecified atom stereocenters. The van der Waals surface area contributed by atoms with E-state index in [2.05, 4.69) is 0 Å². The smallest absolute Gasteiger partial charge is 0.335 e. The third-order valence-corrected chi connectivity index (χ3v) is 3.51. The van der Waals surface area contributed by atoms with Gasteiger partial charge >= 0.3 is 5.97 Å². The minimum absolute atomic E-state index is 0.284. The summed E-state index contributed by atoms with van der Waals surface area (Å²) in [6.07, 6.45) is 3.90. The first-order chi connectivity index (χ1) is 10.1. The number of rotatable bonds is 3. The molecule has 0 aliphatic heterocycles. The molecule has 0 fully saturated rings. The molecule has 21 heavy (non-hydrogen) atoms. The SMILES string of the molecule is O=C(O)c1cccc(-c2ccn(-c3ccc(Cl)cc3)c2)c1. The molecule has 0 saturated heterocycles. The van der Waals surface area contributed by atoms with Crippen LogP contribution in [0.15, 0.2) is 67.0 Å². The largest absolute Gasteiger partial charge is 0.478 e. The molecule has 0 atom stereocenters. The van der Waals surface area contributed by atoms with Crippen molar-refractivity contribution in [1.29, 1.82) is 0 Å². The van der Waals surface area contributed by atoms with Crippen LogP contribution in [-0.4, -0.2) is 15.6 Å². The molecule has 0 radical (unpaired) electrons. The average Bonchev–Trinajstić information content (AvgIpc) is 2.98. The van der Waals surface area contributed by atoms with Gasteiger partial charge in [0.1, 0.15) is 0 Å². The van der Waals surface area contributed by atoms with Crippen LogP contribution >= 0.6 is 11.6 Å². The number of nitrogens with zero attached hydrogens (tertiary/aromatic N) is 1. The molecule has 104 valence electrons. The van der Waals surface area contributed by atoms with Crippen molar-refractivity contribution in [2.75, 3.05) is 0 Å². The van der Waals surface area contributed by atoms with Crippen LogP contribution in [0.4, 0.5) is 0 Å². The highest BCUT2D eigenvalue weighted by Gasteiger charge is 2.06. The summed E-state index contributed by atoms with van der Waals surface area (Å²) in [6, 6.07) is 16.4. The van der Waals surface area contributed by atoms with Gasteiger partial charge in [-0.15, -0.1) is 0 Å². The summed E-state index contributed by atoms with van der Waals surface area (Å²) in [5.74, 6) is -0.922. The first-order valence-electron chi connectivity index (χ1n) is 6.41. The number of benzene rings is 2. The molecule has 1 heterocycles. The summed E-state index contributed by atoms with van der Waals surface area (Å²) in [5, 5.41) is 9.74. The second-order valence-electron chi connectivity index (χ2n) is 4.67. The lowest BCUT2D eigenvalue weighted by Gasteiger charge is -2.03. The molecule has 0 bridgehead atoms. The van der Waals surface area contributed by atoms with E-state index in [-0.39, 0.29) is 5.56 Å². The number of carbonyl (C=O) groups is 1. The third-order valence-electron chi connectivity index (χ3n) is 3.26. The molecule has 4 heteroatoms. The molecule has 2 aromatic carbocycles. The lowest BCUT2D eigenvalue weighted by molar-refractivity contribution is 0.0697. The quantitative estimate of drug-likeness (QED) is 0.773. The lowest BCUT2D eigenvalue weighted by atomic mass is 10.1. The van der Waals surface area contributed by atoms with E-state index in [1.165, 1.54) is 0 Å². The molecule has 1 aromatic heterocycles. The Labute approximate surface area is 127 Å². The van der Waals surface area contributed by atoms with Crippen molar-refractivity contribution < 1.29 is 9.90 Å². The lowest BCUT2D eigenvalue weighted by Crippen LogP contribution is -1.95. The number of halogens is 1. The summed E-state index contributed by atoms with van der Waals surface area (Å²) in [6.45, 7) is 0. The van der Waals surface area contributed by atoms with Crippen LogP contribution in [0.1, 0.15) is 10.4 Å². The fraction of sp³-hybridized carbons (Fsp3) is 0. The van der Waals surface area contributed by atoms with Gasteiger partial charge in [0.25, 0.3) is 0 Å². The van der Waals surface area contributed by atoms with E-state index >= 15 is 0 Å². The highest BCUT2D eigenvalue weighted by atomic mass is 35.5. The van der Waals surface area contributed by atoms with Gasteiger partial charge in [-0.25, -0.2) is 4.79 Å². The second kappa shape index (κ2) is 5.46. The standard InChI is InChI=1S/C17H12ClNO2/c18-15-4-6-16(7-5-15)19-9-8-14(11-19)12-2-1-3-13(10-12)17(20)21/h1-11H,(H,20,21). The van der Waals surface area contributed by atoms with Crippen LogP contribution in [0.3, 0.4) is 0 Å². The van der Waals surface area contributed by atoms with Crippen LogP contribution in [0, 0.1) is 0 Å². The summed E-state index contributed by atoms with van der Waals surface area (Å²) >= 11 is 5.88. The van der Waals surface area contributed by atoms with E-state index in [0.29, 0.717) is 5.02 Å². The van der Waals surface area contributed by atoms with Gasteiger partial charge in [-0.05, 0) is 53.6 Å². The van der Waals surface area contributed by atoms with Gasteiger partial charge < -0.3 is 9.67 Å². The normalized spacial score (nSPS) is 10.5. The highest BCUT2D eigenvalue weighted by Crippen LogP contribution is 2.23. The topological polar surface area (TPSA) is 42.2 Å². The Morgan fingerprint density at radius 1 is 1.00 bits per heavy atom. The Bertz CT molecular complexity index is 791. The zero-order valence-electron chi connectivity index (χ0n) is 11.0. The van der Waals surface area contributed by atoms with Crippen molar-refractivity contribution in [3.8, 4) is 16.8 Å². The van der Waals surface area contributed by atoms with Crippen LogP contribution in [0.5, 0.6) is 0 Å². The highest BCUT2D eigenvalue weighted by molar-refractivity contribution is 6.30. The van der Waals surface area contributed by atoms with Gasteiger partial charge in [0.15, 0.2) is 0 Å². The van der Waals surface area contributed by atoms with Crippen LogP contribution in [-0.2, 0) is 0 Å². The maximum atomic E-state index is 11.0. The fourth-order valence-corrected chi connectivity index (χ4v) is 2.30. The van der Waals surface area contributed by atoms with Crippen LogP contribution < -0.4 is 0 Å². The fourth-order valence-electron chi connectivity index (χ4n) is 2.17. The molecule has 0 spiro atoms. The molecular formula is C17H12ClNO2. The monoisotopic (exact) mass is 297 g/mol. The third kappa shape index (κ3) is 2.83. The molecular weight excluding hydrogens is 286 g/mol. The average molecular weight is 298 g/mol. The Morgan fingerprint density at radius 3 is 2.48 bits per heavy atom. The predicted molar refractivity (Wildman–Crippen MR) is 83.2 cm³/mol. The zero-order valence-corrected chi connectivity index (χ0v) is 11.8. The van der Waals surface area contributed by atoms with E-state index < -0.39 is 5.97 Å². The van der Waals surface area contributed by atoms with Crippen LogP contribution in [0.25, 0.3) is 16.8 Å². The molecule has 3 rings (SSSR count). The van der Waals surface area contributed by atoms with Crippen molar-refractivity contribution in [3.63, 3.8) is 0 Å². The number of carboxylic acids is 1. The predicted octanol–water partition coefficient (Wildman–Crippen LogP) is 4.50. The van der Waals surface area contributed by atoms with Gasteiger partial charge in [0, 0.05) is 23.1 Å². The molecule has 0 saturated carbocycles. The van der Waals surface area contributed by atoms with E-state index in [0.717, 1.165) is 16.8 Å². The Balaban J connectivity index is 1.96. The van der Waals surface area contributed by atoms with Crippen LogP contribution in [0.2, 0.25) is 5.02 Å². The number of hydrogen-bond donors (Lipinski definition) is 1. The summed E-state index contributed by atoms with van der Waals surface area (Å²) in [7, 11) is 0. The van der Waals surface area contributed by atoms with Crippen molar-refractivity contribution in [3.05, 3.63) is 77.6 Å². The minimum Gasteiger partial charge on any atom is -0.478 e. The molecule has 3 aromatic rings. The van der Waals surface area contributed by atoms with Gasteiger partial charge in [-0.2, -0.15) is 0 Å². The minimum atomic E-state index is -0.922. The first kappa shape index (κ1) is 13.5. The molecule has 0 aliphatic carbocycles. The second-order valence-corrected chi connectivity index (χ2v) is 5.11. The number of aromatic nitrogens is 1.